The number of fused-ring (bicyclic) bond motifs is 1. The lowest BCUT2D eigenvalue weighted by Crippen LogP contribution is -2.51. The van der Waals surface area contributed by atoms with Crippen molar-refractivity contribution in [2.75, 3.05) is 46.3 Å². The number of hydrogen-bond donors (Lipinski definition) is 0. The number of rotatable bonds is 4. The van der Waals surface area contributed by atoms with Gasteiger partial charge in [-0.2, -0.15) is 0 Å². The van der Waals surface area contributed by atoms with Gasteiger partial charge in [-0.3, -0.25) is 14.6 Å². The minimum atomic E-state index is 0.0366. The third kappa shape index (κ3) is 4.17. The van der Waals surface area contributed by atoms with Crippen molar-refractivity contribution in [3.8, 4) is 0 Å². The van der Waals surface area contributed by atoms with Gasteiger partial charge in [-0.25, -0.2) is 0 Å². The summed E-state index contributed by atoms with van der Waals surface area (Å²) in [6.45, 7) is 5.42. The van der Waals surface area contributed by atoms with Gasteiger partial charge in [0.15, 0.2) is 0 Å². The van der Waals surface area contributed by atoms with E-state index in [9.17, 15) is 9.59 Å². The van der Waals surface area contributed by atoms with Gasteiger partial charge in [-0.1, -0.05) is 0 Å². The second kappa shape index (κ2) is 9.03. The molecular formula is C24H29N5O2S. The number of amides is 2. The Morgan fingerprint density at radius 1 is 1.00 bits per heavy atom. The van der Waals surface area contributed by atoms with E-state index in [0.717, 1.165) is 60.5 Å². The molecule has 0 bridgehead atoms. The quantitative estimate of drug-likeness (QED) is 0.612. The molecule has 0 radical (unpaired) electrons. The van der Waals surface area contributed by atoms with Crippen molar-refractivity contribution < 1.29 is 9.59 Å². The van der Waals surface area contributed by atoms with Crippen LogP contribution in [0.3, 0.4) is 0 Å². The molecular weight excluding hydrogens is 422 g/mol. The fourth-order valence-corrected chi connectivity index (χ4v) is 5.59. The number of piperidine rings is 1. The predicted molar refractivity (Wildman–Crippen MR) is 126 cm³/mol. The maximum absolute atomic E-state index is 13.5. The smallest absolute Gasteiger partial charge is 0.270 e. The summed E-state index contributed by atoms with van der Waals surface area (Å²) in [5.41, 5.74) is 2.94. The number of hydrogen-bond acceptors (Lipinski definition) is 5. The minimum absolute atomic E-state index is 0.0366. The molecule has 2 amide bonds. The van der Waals surface area contributed by atoms with Gasteiger partial charge in [0.1, 0.15) is 5.69 Å². The molecule has 0 spiro atoms. The molecule has 32 heavy (non-hydrogen) atoms. The van der Waals surface area contributed by atoms with Crippen LogP contribution in [0.5, 0.6) is 0 Å². The third-order valence-electron chi connectivity index (χ3n) is 6.78. The Labute approximate surface area is 192 Å². The van der Waals surface area contributed by atoms with E-state index < -0.39 is 0 Å². The van der Waals surface area contributed by atoms with Crippen molar-refractivity contribution in [3.63, 3.8) is 0 Å². The Bertz CT molecular complexity index is 1090. The largest absolute Gasteiger partial charge is 0.340 e. The zero-order valence-electron chi connectivity index (χ0n) is 18.4. The standard InChI is InChI=1S/C24H29N5O2S/c1-26-11-13-28(14-12-26)23(30)19-4-9-27(10-5-19)24(31)21-16-22-20(6-15-32-22)29(21)17-18-2-7-25-8-3-18/h2-3,6-8,15-16,19H,4-5,9-14,17H2,1H3. The highest BCUT2D eigenvalue weighted by Gasteiger charge is 2.32. The Kier molecular flexibility index (Phi) is 5.97. The number of aromatic nitrogens is 2. The van der Waals surface area contributed by atoms with E-state index in [1.165, 1.54) is 0 Å². The third-order valence-corrected chi connectivity index (χ3v) is 7.63. The lowest BCUT2D eigenvalue weighted by atomic mass is 9.94. The Hall–Kier alpha value is -2.71. The highest BCUT2D eigenvalue weighted by atomic mass is 32.1. The van der Waals surface area contributed by atoms with Crippen LogP contribution in [0.25, 0.3) is 10.2 Å². The van der Waals surface area contributed by atoms with Crippen LogP contribution in [0.15, 0.2) is 42.0 Å². The summed E-state index contributed by atoms with van der Waals surface area (Å²) in [6.07, 6.45) is 5.06. The second-order valence-electron chi connectivity index (χ2n) is 8.84. The summed E-state index contributed by atoms with van der Waals surface area (Å²) in [5.74, 6) is 0.370. The molecule has 2 fully saturated rings. The summed E-state index contributed by atoms with van der Waals surface area (Å²) in [4.78, 5) is 36.7. The van der Waals surface area contributed by atoms with Crippen LogP contribution < -0.4 is 0 Å². The average Bonchev–Trinajstić information content (AvgIpc) is 3.42. The summed E-state index contributed by atoms with van der Waals surface area (Å²) in [7, 11) is 2.10. The number of thiophene rings is 1. The zero-order chi connectivity index (χ0) is 22.1. The SMILES string of the molecule is CN1CCN(C(=O)C2CCN(C(=O)c3cc4sccc4n3Cc3ccncc3)CC2)CC1. The fraction of sp³-hybridized carbons (Fsp3) is 0.458. The first-order chi connectivity index (χ1) is 15.6. The molecule has 5 heterocycles. The van der Waals surface area contributed by atoms with Crippen molar-refractivity contribution in [2.45, 2.75) is 19.4 Å². The summed E-state index contributed by atoms with van der Waals surface area (Å²) < 4.78 is 3.24. The molecule has 5 rings (SSSR count). The maximum Gasteiger partial charge on any atom is 0.270 e. The first-order valence-corrected chi connectivity index (χ1v) is 12.2. The summed E-state index contributed by atoms with van der Waals surface area (Å²) >= 11 is 1.66. The van der Waals surface area contributed by atoms with Crippen LogP contribution >= 0.6 is 11.3 Å². The summed E-state index contributed by atoms with van der Waals surface area (Å²) in [5, 5.41) is 2.07. The van der Waals surface area contributed by atoms with Crippen LogP contribution in [-0.4, -0.2) is 82.4 Å². The summed E-state index contributed by atoms with van der Waals surface area (Å²) in [6, 6.07) is 8.08. The molecule has 0 saturated carbocycles. The van der Waals surface area contributed by atoms with Crippen molar-refractivity contribution >= 4 is 33.4 Å². The number of carbonyl (C=O) groups excluding carboxylic acids is 2. The van der Waals surface area contributed by atoms with Gasteiger partial charge in [-0.15, -0.1) is 11.3 Å². The van der Waals surface area contributed by atoms with E-state index in [4.69, 9.17) is 0 Å². The van der Waals surface area contributed by atoms with E-state index in [1.54, 1.807) is 23.7 Å². The molecule has 0 aromatic carbocycles. The van der Waals surface area contributed by atoms with Crippen molar-refractivity contribution in [1.29, 1.82) is 0 Å². The van der Waals surface area contributed by atoms with E-state index in [2.05, 4.69) is 32.9 Å². The average molecular weight is 452 g/mol. The lowest BCUT2D eigenvalue weighted by Gasteiger charge is -2.37. The monoisotopic (exact) mass is 451 g/mol. The first kappa shape index (κ1) is 21.2. The van der Waals surface area contributed by atoms with Crippen molar-refractivity contribution in [1.82, 2.24) is 24.3 Å². The molecule has 3 aromatic rings. The molecule has 168 valence electrons. The van der Waals surface area contributed by atoms with E-state index in [0.29, 0.717) is 19.6 Å². The van der Waals surface area contributed by atoms with Crippen molar-refractivity contribution in [3.05, 3.63) is 53.3 Å². The van der Waals surface area contributed by atoms with Gasteiger partial charge < -0.3 is 19.3 Å². The molecule has 7 nitrogen and oxygen atoms in total. The van der Waals surface area contributed by atoms with Crippen LogP contribution in [0.2, 0.25) is 0 Å². The normalized spacial score (nSPS) is 18.4. The Morgan fingerprint density at radius 3 is 2.44 bits per heavy atom. The topological polar surface area (TPSA) is 61.7 Å². The minimum Gasteiger partial charge on any atom is -0.340 e. The lowest BCUT2D eigenvalue weighted by molar-refractivity contribution is -0.138. The number of piperazine rings is 1. The molecule has 2 aliphatic heterocycles. The van der Waals surface area contributed by atoms with Crippen LogP contribution in [-0.2, 0) is 11.3 Å². The Morgan fingerprint density at radius 2 is 1.72 bits per heavy atom. The van der Waals surface area contributed by atoms with Crippen LogP contribution in [0.4, 0.5) is 0 Å². The molecule has 0 atom stereocenters. The van der Waals surface area contributed by atoms with Gasteiger partial charge in [0.05, 0.1) is 10.2 Å². The second-order valence-corrected chi connectivity index (χ2v) is 9.78. The van der Waals surface area contributed by atoms with Gasteiger partial charge in [0.25, 0.3) is 5.91 Å². The number of carbonyl (C=O) groups is 2. The van der Waals surface area contributed by atoms with Crippen LogP contribution in [0.1, 0.15) is 28.9 Å². The molecule has 2 aliphatic rings. The molecule has 0 unspecified atom stereocenters. The molecule has 2 saturated heterocycles. The van der Waals surface area contributed by atoms with Gasteiger partial charge >= 0.3 is 0 Å². The van der Waals surface area contributed by atoms with E-state index in [-0.39, 0.29) is 17.7 Å². The Balaban J connectivity index is 1.28. The first-order valence-electron chi connectivity index (χ1n) is 11.3. The van der Waals surface area contributed by atoms with Crippen molar-refractivity contribution in [2.24, 2.45) is 5.92 Å². The molecule has 3 aromatic heterocycles. The maximum atomic E-state index is 13.5. The number of pyridine rings is 1. The number of likely N-dealkylation sites (tertiary alicyclic amines) is 1. The zero-order valence-corrected chi connectivity index (χ0v) is 19.3. The van der Waals surface area contributed by atoms with Gasteiger partial charge in [0, 0.05) is 64.1 Å². The number of nitrogens with zero attached hydrogens (tertiary/aromatic N) is 5. The fourth-order valence-electron chi connectivity index (χ4n) is 4.77. The van der Waals surface area contributed by atoms with Crippen LogP contribution in [0, 0.1) is 5.92 Å². The number of likely N-dealkylation sites (N-methyl/N-ethyl adjacent to an activating group) is 1. The van der Waals surface area contributed by atoms with E-state index in [1.807, 2.05) is 28.0 Å². The highest BCUT2D eigenvalue weighted by molar-refractivity contribution is 7.17. The van der Waals surface area contributed by atoms with Gasteiger partial charge in [-0.05, 0) is 55.1 Å². The molecule has 8 heteroatoms. The van der Waals surface area contributed by atoms with E-state index >= 15 is 0 Å². The highest BCUT2D eigenvalue weighted by Crippen LogP contribution is 2.28. The molecule has 0 N–H and O–H groups in total. The van der Waals surface area contributed by atoms with Gasteiger partial charge in [0.2, 0.25) is 5.91 Å². The molecule has 0 aliphatic carbocycles. The predicted octanol–water partition coefficient (Wildman–Crippen LogP) is 2.77.